The van der Waals surface area contributed by atoms with Gasteiger partial charge in [0.05, 0.1) is 19.4 Å². The van der Waals surface area contributed by atoms with Crippen molar-refractivity contribution < 1.29 is 23.4 Å². The lowest BCUT2D eigenvalue weighted by Crippen LogP contribution is -2.45. The number of carbonyl (C=O) groups is 1. The highest BCUT2D eigenvalue weighted by atomic mass is 79.9. The van der Waals surface area contributed by atoms with E-state index in [0.717, 1.165) is 27.0 Å². The van der Waals surface area contributed by atoms with Gasteiger partial charge in [0.25, 0.3) is 11.3 Å². The predicted octanol–water partition coefficient (Wildman–Crippen LogP) is 2.59. The molecule has 0 radical (unpaired) electrons. The number of benzene rings is 2. The quantitative estimate of drug-likeness (QED) is 0.561. The zero-order valence-electron chi connectivity index (χ0n) is 12.8. The molecular formula is C16H16BrNO5S. The molecule has 0 aromatic heterocycles. The lowest BCUT2D eigenvalue weighted by Gasteiger charge is -2.26. The first-order chi connectivity index (χ1) is 11.5. The zero-order chi connectivity index (χ0) is 17.7. The van der Waals surface area contributed by atoms with Gasteiger partial charge in [-0.05, 0) is 35.4 Å². The van der Waals surface area contributed by atoms with Crippen molar-refractivity contribution in [1.82, 2.24) is 0 Å². The summed E-state index contributed by atoms with van der Waals surface area (Å²) in [6, 6.07) is 13.2. The first-order valence-electron chi connectivity index (χ1n) is 6.92. The highest BCUT2D eigenvalue weighted by molar-refractivity contribution is 9.10. The highest BCUT2D eigenvalue weighted by Gasteiger charge is 2.30. The Labute approximate surface area is 150 Å². The Kier molecular flexibility index (Phi) is 6.50. The fraction of sp³-hybridized carbons (Fsp3) is 0.188. The molecule has 0 fully saturated rings. The van der Waals surface area contributed by atoms with Gasteiger partial charge in [-0.3, -0.25) is 8.86 Å². The first-order valence-corrected chi connectivity index (χ1v) is 8.78. The number of ether oxygens (including phenoxy) is 1. The Morgan fingerprint density at radius 2 is 1.67 bits per heavy atom. The smallest absolute Gasteiger partial charge is 0.332 e. The minimum atomic E-state index is -2.49. The summed E-state index contributed by atoms with van der Waals surface area (Å²) in [5.41, 5.74) is 2.21. The van der Waals surface area contributed by atoms with Crippen molar-refractivity contribution in [1.29, 1.82) is 0 Å². The van der Waals surface area contributed by atoms with E-state index in [0.29, 0.717) is 5.69 Å². The van der Waals surface area contributed by atoms with Crippen molar-refractivity contribution in [3.05, 3.63) is 53.0 Å². The second-order valence-corrected chi connectivity index (χ2v) is 6.60. The van der Waals surface area contributed by atoms with E-state index in [1.807, 2.05) is 24.3 Å². The molecule has 0 bridgehead atoms. The molecule has 0 amide bonds. The molecule has 2 rings (SSSR count). The maximum Gasteiger partial charge on any atom is 0.332 e. The van der Waals surface area contributed by atoms with E-state index < -0.39 is 29.9 Å². The number of carbonyl (C=O) groups excluding carboxylic acids is 1. The number of esters is 1. The minimum absolute atomic E-state index is 0.321. The van der Waals surface area contributed by atoms with Crippen molar-refractivity contribution in [3.8, 4) is 11.1 Å². The lowest BCUT2D eigenvalue weighted by molar-refractivity contribution is -0.142. The molecule has 0 saturated carbocycles. The van der Waals surface area contributed by atoms with Gasteiger partial charge >= 0.3 is 5.97 Å². The van der Waals surface area contributed by atoms with E-state index in [4.69, 9.17) is 0 Å². The molecule has 0 spiro atoms. The molecule has 2 aromatic rings. The fourth-order valence-corrected chi connectivity index (χ4v) is 3.14. The van der Waals surface area contributed by atoms with Gasteiger partial charge in [0.1, 0.15) is 0 Å². The van der Waals surface area contributed by atoms with Crippen LogP contribution in [0.4, 0.5) is 5.69 Å². The molecular weight excluding hydrogens is 398 g/mol. The molecule has 2 atom stereocenters. The maximum atomic E-state index is 11.7. The Morgan fingerprint density at radius 3 is 2.08 bits per heavy atom. The third kappa shape index (κ3) is 4.21. The SMILES string of the molecule is COC(=O)C(CO)N(c1ccc(-c2ccc(Br)cc2)cc1)S(=O)O. The van der Waals surface area contributed by atoms with Crippen LogP contribution in [0, 0.1) is 0 Å². The number of rotatable bonds is 6. The summed E-state index contributed by atoms with van der Waals surface area (Å²) in [5.74, 6) is -0.795. The third-order valence-electron chi connectivity index (χ3n) is 3.40. The average molecular weight is 414 g/mol. The Hall–Kier alpha value is -1.74. The standard InChI is InChI=1S/C16H16BrNO5S/c1-23-16(20)15(10-19)18(24(21)22)14-8-4-12(5-9-14)11-2-6-13(17)7-3-11/h2-9,15,19H,10H2,1H3,(H,21,22). The van der Waals surface area contributed by atoms with Gasteiger partial charge in [-0.15, -0.1) is 0 Å². The molecule has 0 saturated heterocycles. The van der Waals surface area contributed by atoms with Gasteiger partial charge in [-0.25, -0.2) is 9.00 Å². The van der Waals surface area contributed by atoms with Crippen LogP contribution in [0.25, 0.3) is 11.1 Å². The van der Waals surface area contributed by atoms with Crippen LogP contribution in [0.2, 0.25) is 0 Å². The Morgan fingerprint density at radius 1 is 1.17 bits per heavy atom. The van der Waals surface area contributed by atoms with E-state index in [2.05, 4.69) is 20.7 Å². The van der Waals surface area contributed by atoms with E-state index in [9.17, 15) is 18.7 Å². The van der Waals surface area contributed by atoms with Crippen molar-refractivity contribution in [2.45, 2.75) is 6.04 Å². The van der Waals surface area contributed by atoms with Crippen LogP contribution in [0.1, 0.15) is 0 Å². The minimum Gasteiger partial charge on any atom is -0.467 e. The van der Waals surface area contributed by atoms with Crippen LogP contribution in [-0.2, 0) is 20.8 Å². The summed E-state index contributed by atoms with van der Waals surface area (Å²) in [7, 11) is 1.15. The first kappa shape index (κ1) is 18.6. The van der Waals surface area contributed by atoms with Gasteiger partial charge in [0.2, 0.25) is 0 Å². The molecule has 0 aliphatic rings. The summed E-state index contributed by atoms with van der Waals surface area (Å²) >= 11 is 0.879. The summed E-state index contributed by atoms with van der Waals surface area (Å²) in [6.07, 6.45) is 0. The van der Waals surface area contributed by atoms with Gasteiger partial charge in [-0.2, -0.15) is 0 Å². The molecule has 128 valence electrons. The van der Waals surface area contributed by atoms with Gasteiger partial charge in [0.15, 0.2) is 6.04 Å². The van der Waals surface area contributed by atoms with Gasteiger partial charge in [-0.1, -0.05) is 40.2 Å². The van der Waals surface area contributed by atoms with Crippen molar-refractivity contribution >= 4 is 38.9 Å². The van der Waals surface area contributed by atoms with E-state index in [1.165, 1.54) is 0 Å². The molecule has 24 heavy (non-hydrogen) atoms. The fourth-order valence-electron chi connectivity index (χ4n) is 2.20. The Balaban J connectivity index is 2.33. The lowest BCUT2D eigenvalue weighted by atomic mass is 10.1. The second-order valence-electron chi connectivity index (χ2n) is 4.83. The number of aliphatic hydroxyl groups excluding tert-OH is 1. The third-order valence-corrected chi connectivity index (χ3v) is 4.73. The molecule has 0 aliphatic carbocycles. The van der Waals surface area contributed by atoms with Crippen LogP contribution < -0.4 is 4.31 Å². The molecule has 2 N–H and O–H groups in total. The molecule has 0 aliphatic heterocycles. The van der Waals surface area contributed by atoms with Crippen LogP contribution in [-0.4, -0.2) is 39.6 Å². The summed E-state index contributed by atoms with van der Waals surface area (Å²) in [4.78, 5) is 11.7. The topological polar surface area (TPSA) is 87.1 Å². The summed E-state index contributed by atoms with van der Waals surface area (Å²) < 4.78 is 27.6. The van der Waals surface area contributed by atoms with Gasteiger partial charge in [0, 0.05) is 4.47 Å². The van der Waals surface area contributed by atoms with Crippen LogP contribution >= 0.6 is 15.9 Å². The number of methoxy groups -OCH3 is 1. The Bertz CT molecular complexity index is 720. The molecule has 2 aromatic carbocycles. The molecule has 8 heteroatoms. The van der Waals surface area contributed by atoms with Crippen molar-refractivity contribution in [3.63, 3.8) is 0 Å². The number of hydrogen-bond donors (Lipinski definition) is 2. The summed E-state index contributed by atoms with van der Waals surface area (Å²) in [5, 5.41) is 9.37. The second kappa shape index (κ2) is 8.39. The number of aliphatic hydroxyl groups is 1. The number of anilines is 1. The van der Waals surface area contributed by atoms with Crippen LogP contribution in [0.5, 0.6) is 0 Å². The van der Waals surface area contributed by atoms with E-state index in [-0.39, 0.29) is 0 Å². The highest BCUT2D eigenvalue weighted by Crippen LogP contribution is 2.26. The molecule has 6 nitrogen and oxygen atoms in total. The number of hydrogen-bond acceptors (Lipinski definition) is 4. The van der Waals surface area contributed by atoms with Crippen molar-refractivity contribution in [2.75, 3.05) is 18.0 Å². The van der Waals surface area contributed by atoms with E-state index in [1.54, 1.807) is 24.3 Å². The average Bonchev–Trinajstić information content (AvgIpc) is 2.59. The van der Waals surface area contributed by atoms with Crippen LogP contribution in [0.15, 0.2) is 53.0 Å². The van der Waals surface area contributed by atoms with Crippen molar-refractivity contribution in [2.24, 2.45) is 0 Å². The normalized spacial score (nSPS) is 13.2. The number of nitrogens with zero attached hydrogens (tertiary/aromatic N) is 1. The molecule has 2 unspecified atom stereocenters. The summed E-state index contributed by atoms with van der Waals surface area (Å²) in [6.45, 7) is -0.645. The van der Waals surface area contributed by atoms with E-state index >= 15 is 0 Å². The predicted molar refractivity (Wildman–Crippen MR) is 95.7 cm³/mol. The largest absolute Gasteiger partial charge is 0.467 e. The molecule has 0 heterocycles. The zero-order valence-corrected chi connectivity index (χ0v) is 15.2. The number of halogens is 1. The maximum absolute atomic E-state index is 11.7. The monoisotopic (exact) mass is 413 g/mol. The van der Waals surface area contributed by atoms with Crippen LogP contribution in [0.3, 0.4) is 0 Å². The van der Waals surface area contributed by atoms with Gasteiger partial charge < -0.3 is 9.84 Å².